The van der Waals surface area contributed by atoms with Gasteiger partial charge in [-0.05, 0) is 53.1 Å². The largest absolute Gasteiger partial charge is 0.371 e. The highest BCUT2D eigenvalue weighted by molar-refractivity contribution is 9.09. The smallest absolute Gasteiger partial charge is 0.0710 e. The summed E-state index contributed by atoms with van der Waals surface area (Å²) in [6.45, 7) is 6.69. The van der Waals surface area contributed by atoms with Gasteiger partial charge in [-0.1, -0.05) is 22.4 Å². The van der Waals surface area contributed by atoms with Gasteiger partial charge >= 0.3 is 0 Å². The fourth-order valence-electron chi connectivity index (χ4n) is 2.30. The van der Waals surface area contributed by atoms with Gasteiger partial charge in [0.05, 0.1) is 11.7 Å². The van der Waals surface area contributed by atoms with E-state index in [-0.39, 0.29) is 5.60 Å². The average Bonchev–Trinajstić information content (AvgIpc) is 2.53. The number of hydrogen-bond donors (Lipinski definition) is 0. The first kappa shape index (κ1) is 14.5. The van der Waals surface area contributed by atoms with Gasteiger partial charge in [-0.2, -0.15) is 0 Å². The molecule has 0 saturated carbocycles. The first-order valence-corrected chi connectivity index (χ1v) is 7.58. The molecule has 1 aliphatic heterocycles. The molecule has 1 heterocycles. The molecule has 1 aliphatic rings. The summed E-state index contributed by atoms with van der Waals surface area (Å²) < 4.78 is 6.00. The van der Waals surface area contributed by atoms with E-state index in [1.807, 2.05) is 0 Å². The molecule has 3 heteroatoms. The van der Waals surface area contributed by atoms with E-state index in [0.717, 1.165) is 11.9 Å². The number of alkyl halides is 1. The predicted molar refractivity (Wildman–Crippen MR) is 73.3 cm³/mol. The third-order valence-electron chi connectivity index (χ3n) is 3.24. The third kappa shape index (κ3) is 5.65. The Kier molecular flexibility index (Phi) is 6.30. The summed E-state index contributed by atoms with van der Waals surface area (Å²) in [5.41, 5.74) is 0.113. The first-order chi connectivity index (χ1) is 7.53. The Morgan fingerprint density at radius 2 is 2.06 bits per heavy atom. The SMILES string of the molecule is CN(CCCCCBr)CC1CCC(C)(C)O1. The zero-order chi connectivity index (χ0) is 12.0. The molecule has 0 bridgehead atoms. The zero-order valence-electron chi connectivity index (χ0n) is 11.0. The van der Waals surface area contributed by atoms with Crippen LogP contribution in [0.4, 0.5) is 0 Å². The molecule has 0 aromatic carbocycles. The van der Waals surface area contributed by atoms with Crippen LogP contribution in [0.15, 0.2) is 0 Å². The van der Waals surface area contributed by atoms with Crippen molar-refractivity contribution in [1.82, 2.24) is 4.90 Å². The second-order valence-electron chi connectivity index (χ2n) is 5.55. The van der Waals surface area contributed by atoms with Crippen LogP contribution in [0.25, 0.3) is 0 Å². The number of hydrogen-bond acceptors (Lipinski definition) is 2. The Labute approximate surface area is 109 Å². The van der Waals surface area contributed by atoms with Crippen molar-refractivity contribution < 1.29 is 4.74 Å². The quantitative estimate of drug-likeness (QED) is 0.526. The van der Waals surface area contributed by atoms with Crippen LogP contribution in [0.2, 0.25) is 0 Å². The third-order valence-corrected chi connectivity index (χ3v) is 3.80. The van der Waals surface area contributed by atoms with E-state index in [0.29, 0.717) is 6.10 Å². The topological polar surface area (TPSA) is 12.5 Å². The number of rotatable bonds is 7. The summed E-state index contributed by atoms with van der Waals surface area (Å²) in [5.74, 6) is 0. The molecule has 0 aromatic rings. The minimum atomic E-state index is 0.113. The number of likely N-dealkylation sites (N-methyl/N-ethyl adjacent to an activating group) is 1. The molecule has 0 radical (unpaired) electrons. The molecule has 1 fully saturated rings. The number of nitrogens with zero attached hydrogens (tertiary/aromatic N) is 1. The highest BCUT2D eigenvalue weighted by atomic mass is 79.9. The molecule has 0 spiro atoms. The van der Waals surface area contributed by atoms with E-state index in [9.17, 15) is 0 Å². The van der Waals surface area contributed by atoms with Crippen LogP contribution < -0.4 is 0 Å². The molecule has 2 nitrogen and oxygen atoms in total. The maximum atomic E-state index is 6.00. The van der Waals surface area contributed by atoms with Crippen molar-refractivity contribution in [2.24, 2.45) is 0 Å². The van der Waals surface area contributed by atoms with Crippen molar-refractivity contribution in [2.45, 2.75) is 57.7 Å². The van der Waals surface area contributed by atoms with Gasteiger partial charge in [0, 0.05) is 11.9 Å². The fourth-order valence-corrected chi connectivity index (χ4v) is 2.69. The normalized spacial score (nSPS) is 24.2. The van der Waals surface area contributed by atoms with Gasteiger partial charge in [0.25, 0.3) is 0 Å². The van der Waals surface area contributed by atoms with Gasteiger partial charge < -0.3 is 9.64 Å². The van der Waals surface area contributed by atoms with Crippen molar-refractivity contribution in [2.75, 3.05) is 25.5 Å². The van der Waals surface area contributed by atoms with Crippen LogP contribution in [0.3, 0.4) is 0 Å². The highest BCUT2D eigenvalue weighted by Crippen LogP contribution is 2.29. The molecule has 96 valence electrons. The van der Waals surface area contributed by atoms with Crippen LogP contribution in [-0.4, -0.2) is 42.1 Å². The Morgan fingerprint density at radius 1 is 1.31 bits per heavy atom. The van der Waals surface area contributed by atoms with Gasteiger partial charge in [0.1, 0.15) is 0 Å². The summed E-state index contributed by atoms with van der Waals surface area (Å²) in [7, 11) is 2.21. The second kappa shape index (κ2) is 6.97. The van der Waals surface area contributed by atoms with E-state index in [4.69, 9.17) is 4.74 Å². The summed E-state index contributed by atoms with van der Waals surface area (Å²) in [4.78, 5) is 2.42. The van der Waals surface area contributed by atoms with Crippen LogP contribution in [-0.2, 0) is 4.74 Å². The lowest BCUT2D eigenvalue weighted by Crippen LogP contribution is -2.31. The van der Waals surface area contributed by atoms with E-state index >= 15 is 0 Å². The average molecular weight is 292 g/mol. The summed E-state index contributed by atoms with van der Waals surface area (Å²) in [6, 6.07) is 0. The van der Waals surface area contributed by atoms with E-state index in [2.05, 4.69) is 41.7 Å². The predicted octanol–water partition coefficient (Wildman–Crippen LogP) is 3.44. The molecule has 0 aromatic heterocycles. The lowest BCUT2D eigenvalue weighted by atomic mass is 10.1. The van der Waals surface area contributed by atoms with Gasteiger partial charge in [0.2, 0.25) is 0 Å². The van der Waals surface area contributed by atoms with Crippen molar-refractivity contribution in [3.8, 4) is 0 Å². The molecule has 1 rings (SSSR count). The number of ether oxygens (including phenoxy) is 1. The van der Waals surface area contributed by atoms with Gasteiger partial charge in [-0.3, -0.25) is 0 Å². The lowest BCUT2D eigenvalue weighted by Gasteiger charge is -2.23. The van der Waals surface area contributed by atoms with E-state index < -0.39 is 0 Å². The maximum absolute atomic E-state index is 6.00. The van der Waals surface area contributed by atoms with Crippen LogP contribution in [0.5, 0.6) is 0 Å². The minimum Gasteiger partial charge on any atom is -0.371 e. The second-order valence-corrected chi connectivity index (χ2v) is 6.34. The van der Waals surface area contributed by atoms with Gasteiger partial charge in [0.15, 0.2) is 0 Å². The lowest BCUT2D eigenvalue weighted by molar-refractivity contribution is -0.0260. The van der Waals surface area contributed by atoms with Gasteiger partial charge in [-0.25, -0.2) is 0 Å². The molecule has 1 saturated heterocycles. The summed E-state index contributed by atoms with van der Waals surface area (Å²) >= 11 is 3.47. The standard InChI is InChI=1S/C13H26BrNO/c1-13(2)8-7-12(16-13)11-15(3)10-6-4-5-9-14/h12H,4-11H2,1-3H3. The molecule has 1 atom stereocenters. The Bertz CT molecular complexity index is 196. The molecular formula is C13H26BrNO. The Morgan fingerprint density at radius 3 is 2.62 bits per heavy atom. The number of halogens is 1. The first-order valence-electron chi connectivity index (χ1n) is 6.46. The molecule has 0 N–H and O–H groups in total. The van der Waals surface area contributed by atoms with Crippen molar-refractivity contribution in [1.29, 1.82) is 0 Å². The Hall–Kier alpha value is 0.400. The molecule has 1 unspecified atom stereocenters. The van der Waals surface area contributed by atoms with E-state index in [1.54, 1.807) is 0 Å². The fraction of sp³-hybridized carbons (Fsp3) is 1.00. The van der Waals surface area contributed by atoms with Crippen molar-refractivity contribution in [3.05, 3.63) is 0 Å². The van der Waals surface area contributed by atoms with Crippen molar-refractivity contribution in [3.63, 3.8) is 0 Å². The molecule has 0 aliphatic carbocycles. The summed E-state index contributed by atoms with van der Waals surface area (Å²) in [6.07, 6.45) is 6.80. The Balaban J connectivity index is 2.08. The molecular weight excluding hydrogens is 266 g/mol. The van der Waals surface area contributed by atoms with Crippen LogP contribution in [0.1, 0.15) is 46.0 Å². The van der Waals surface area contributed by atoms with Crippen LogP contribution in [0, 0.1) is 0 Å². The summed E-state index contributed by atoms with van der Waals surface area (Å²) in [5, 5.41) is 1.14. The minimum absolute atomic E-state index is 0.113. The zero-order valence-corrected chi connectivity index (χ0v) is 12.6. The van der Waals surface area contributed by atoms with E-state index in [1.165, 1.54) is 38.6 Å². The van der Waals surface area contributed by atoms with Gasteiger partial charge in [-0.15, -0.1) is 0 Å². The molecule has 16 heavy (non-hydrogen) atoms. The monoisotopic (exact) mass is 291 g/mol. The number of unbranched alkanes of at least 4 members (excludes halogenated alkanes) is 2. The van der Waals surface area contributed by atoms with Crippen molar-refractivity contribution >= 4 is 15.9 Å². The molecule has 0 amide bonds. The highest BCUT2D eigenvalue weighted by Gasteiger charge is 2.31. The van der Waals surface area contributed by atoms with Crippen LogP contribution >= 0.6 is 15.9 Å². The maximum Gasteiger partial charge on any atom is 0.0710 e.